The van der Waals surface area contributed by atoms with Gasteiger partial charge in [-0.1, -0.05) is 12.1 Å². The minimum absolute atomic E-state index is 0.192. The van der Waals surface area contributed by atoms with Crippen molar-refractivity contribution in [1.82, 2.24) is 10.2 Å². The fraction of sp³-hybridized carbons (Fsp3) is 0.333. The maximum atomic E-state index is 12.3. The molecule has 28 heavy (non-hydrogen) atoms. The molecule has 1 atom stereocenters. The van der Waals surface area contributed by atoms with Gasteiger partial charge in [-0.25, -0.2) is 4.79 Å². The first-order valence-electron chi connectivity index (χ1n) is 9.57. The van der Waals surface area contributed by atoms with E-state index in [1.165, 1.54) is 4.90 Å². The summed E-state index contributed by atoms with van der Waals surface area (Å²) in [5, 5.41) is 12.2. The molecule has 2 aromatic rings. The number of hydrogen-bond donors (Lipinski definition) is 2. The third kappa shape index (κ3) is 3.35. The van der Waals surface area contributed by atoms with Gasteiger partial charge in [0.1, 0.15) is 11.8 Å². The lowest BCUT2D eigenvalue weighted by Crippen LogP contribution is -2.46. The van der Waals surface area contributed by atoms with Gasteiger partial charge >= 0.3 is 6.03 Å². The number of nitrogens with zero attached hydrogens (tertiary/aromatic N) is 3. The predicted octanol–water partition coefficient (Wildman–Crippen LogP) is 2.33. The molecule has 2 fully saturated rings. The van der Waals surface area contributed by atoms with Gasteiger partial charge in [0.05, 0.1) is 0 Å². The molecule has 4 rings (SSSR count). The fourth-order valence-corrected chi connectivity index (χ4v) is 3.81. The Balaban J connectivity index is 1.39. The number of nitrogens with one attached hydrogen (secondary N) is 1. The monoisotopic (exact) mass is 380 g/mol. The normalized spacial score (nSPS) is 19.9. The van der Waals surface area contributed by atoms with Gasteiger partial charge in [0.15, 0.2) is 0 Å². The average Bonchev–Trinajstić information content (AvgIpc) is 3.02. The Bertz CT molecular complexity index is 858. The van der Waals surface area contributed by atoms with Crippen LogP contribution in [0.5, 0.6) is 5.75 Å². The molecule has 0 radical (unpaired) electrons. The van der Waals surface area contributed by atoms with Crippen molar-refractivity contribution < 1.29 is 14.7 Å². The molecule has 0 spiro atoms. The van der Waals surface area contributed by atoms with E-state index in [0.717, 1.165) is 43.1 Å². The molecular weight excluding hydrogens is 356 g/mol. The second kappa shape index (κ2) is 7.42. The number of piperazine rings is 1. The minimum atomic E-state index is -0.590. The molecule has 7 nitrogen and oxygen atoms in total. The number of phenolic OH excluding ortho intramolecular Hbond substituents is 1. The van der Waals surface area contributed by atoms with Gasteiger partial charge < -0.3 is 20.2 Å². The number of amides is 3. The Morgan fingerprint density at radius 2 is 1.39 bits per heavy atom. The van der Waals surface area contributed by atoms with Gasteiger partial charge in [0.2, 0.25) is 0 Å². The number of urea groups is 1. The number of hydrogen-bond acceptors (Lipinski definition) is 5. The van der Waals surface area contributed by atoms with E-state index in [-0.39, 0.29) is 17.7 Å². The number of rotatable bonds is 4. The van der Waals surface area contributed by atoms with Crippen LogP contribution in [0.1, 0.15) is 18.5 Å². The lowest BCUT2D eigenvalue weighted by atomic mass is 10.1. The SMILES string of the molecule is CCN1C(=O)NC(c2ccc(N3CCN(c4ccc(O)cc4)CC3)cc2)C1=O. The van der Waals surface area contributed by atoms with Crippen molar-refractivity contribution in [1.29, 1.82) is 0 Å². The van der Waals surface area contributed by atoms with Crippen molar-refractivity contribution in [3.8, 4) is 5.75 Å². The highest BCUT2D eigenvalue weighted by molar-refractivity contribution is 6.04. The highest BCUT2D eigenvalue weighted by atomic mass is 16.3. The number of benzene rings is 2. The third-order valence-electron chi connectivity index (χ3n) is 5.43. The van der Waals surface area contributed by atoms with E-state index in [4.69, 9.17) is 0 Å². The number of phenols is 1. The van der Waals surface area contributed by atoms with Crippen LogP contribution >= 0.6 is 0 Å². The summed E-state index contributed by atoms with van der Waals surface area (Å²) in [5.41, 5.74) is 3.03. The van der Waals surface area contributed by atoms with Crippen LogP contribution in [0, 0.1) is 0 Å². The van der Waals surface area contributed by atoms with Gasteiger partial charge in [-0.2, -0.15) is 0 Å². The summed E-state index contributed by atoms with van der Waals surface area (Å²) >= 11 is 0. The van der Waals surface area contributed by atoms with Gasteiger partial charge in [-0.3, -0.25) is 9.69 Å². The largest absolute Gasteiger partial charge is 0.508 e. The van der Waals surface area contributed by atoms with E-state index in [0.29, 0.717) is 6.54 Å². The zero-order chi connectivity index (χ0) is 19.7. The second-order valence-corrected chi connectivity index (χ2v) is 7.05. The first-order chi connectivity index (χ1) is 13.6. The third-order valence-corrected chi connectivity index (χ3v) is 5.43. The first-order valence-corrected chi connectivity index (χ1v) is 9.57. The summed E-state index contributed by atoms with van der Waals surface area (Å²) in [6.45, 7) is 5.75. The Morgan fingerprint density at radius 3 is 1.86 bits per heavy atom. The van der Waals surface area contributed by atoms with E-state index in [2.05, 4.69) is 15.1 Å². The molecule has 2 N–H and O–H groups in total. The molecule has 2 heterocycles. The number of likely N-dealkylation sites (N-methyl/N-ethyl adjacent to an activating group) is 1. The lowest BCUT2D eigenvalue weighted by Gasteiger charge is -2.37. The maximum Gasteiger partial charge on any atom is 0.325 e. The van der Waals surface area contributed by atoms with E-state index in [1.54, 1.807) is 19.1 Å². The van der Waals surface area contributed by atoms with Crippen molar-refractivity contribution in [3.05, 3.63) is 54.1 Å². The topological polar surface area (TPSA) is 76.1 Å². The molecule has 0 saturated carbocycles. The van der Waals surface area contributed by atoms with Crippen molar-refractivity contribution in [2.24, 2.45) is 0 Å². The molecule has 7 heteroatoms. The zero-order valence-electron chi connectivity index (χ0n) is 15.8. The first kappa shape index (κ1) is 18.2. The molecular formula is C21H24N4O3. The van der Waals surface area contributed by atoms with Gasteiger partial charge in [-0.15, -0.1) is 0 Å². The summed E-state index contributed by atoms with van der Waals surface area (Å²) in [6.07, 6.45) is 0. The molecule has 0 aliphatic carbocycles. The highest BCUT2D eigenvalue weighted by Crippen LogP contribution is 2.26. The summed E-state index contributed by atoms with van der Waals surface area (Å²) in [7, 11) is 0. The quantitative estimate of drug-likeness (QED) is 0.797. The Hall–Kier alpha value is -3.22. The van der Waals surface area contributed by atoms with Gasteiger partial charge in [-0.05, 0) is 48.9 Å². The summed E-state index contributed by atoms with van der Waals surface area (Å²) in [4.78, 5) is 30.0. The zero-order valence-corrected chi connectivity index (χ0v) is 15.8. The molecule has 1 unspecified atom stereocenters. The second-order valence-electron chi connectivity index (χ2n) is 7.05. The van der Waals surface area contributed by atoms with E-state index in [9.17, 15) is 14.7 Å². The Kier molecular flexibility index (Phi) is 4.81. The molecule has 0 bridgehead atoms. The molecule has 0 aromatic heterocycles. The van der Waals surface area contributed by atoms with Crippen LogP contribution in [0.3, 0.4) is 0 Å². The molecule has 2 aliphatic rings. The molecule has 2 aromatic carbocycles. The van der Waals surface area contributed by atoms with Gasteiger partial charge in [0, 0.05) is 44.1 Å². The van der Waals surface area contributed by atoms with Crippen LogP contribution < -0.4 is 15.1 Å². The predicted molar refractivity (Wildman–Crippen MR) is 108 cm³/mol. The summed E-state index contributed by atoms with van der Waals surface area (Å²) in [5.74, 6) is 0.0872. The summed E-state index contributed by atoms with van der Waals surface area (Å²) < 4.78 is 0. The number of anilines is 2. The number of carbonyl (C=O) groups excluding carboxylic acids is 2. The Morgan fingerprint density at radius 1 is 0.893 bits per heavy atom. The van der Waals surface area contributed by atoms with Crippen molar-refractivity contribution >= 4 is 23.3 Å². The number of aromatic hydroxyl groups is 1. The highest BCUT2D eigenvalue weighted by Gasteiger charge is 2.37. The minimum Gasteiger partial charge on any atom is -0.508 e. The van der Waals surface area contributed by atoms with E-state index >= 15 is 0 Å². The van der Waals surface area contributed by atoms with Crippen LogP contribution in [-0.2, 0) is 4.79 Å². The Labute approximate surface area is 164 Å². The number of imide groups is 1. The maximum absolute atomic E-state index is 12.3. The van der Waals surface area contributed by atoms with E-state index in [1.807, 2.05) is 36.4 Å². The van der Waals surface area contributed by atoms with Gasteiger partial charge in [0.25, 0.3) is 5.91 Å². The standard InChI is InChI=1S/C21H24N4O3/c1-2-25-20(27)19(22-21(25)28)15-3-5-16(6-4-15)23-11-13-24(14-12-23)17-7-9-18(26)10-8-17/h3-10,19,26H,2,11-14H2,1H3,(H,22,28). The summed E-state index contributed by atoms with van der Waals surface area (Å²) in [6, 6.07) is 14.2. The van der Waals surface area contributed by atoms with Crippen LogP contribution in [0.2, 0.25) is 0 Å². The van der Waals surface area contributed by atoms with Crippen molar-refractivity contribution in [2.45, 2.75) is 13.0 Å². The van der Waals surface area contributed by atoms with Crippen molar-refractivity contribution in [3.63, 3.8) is 0 Å². The van der Waals surface area contributed by atoms with E-state index < -0.39 is 6.04 Å². The average molecular weight is 380 g/mol. The van der Waals surface area contributed by atoms with Crippen LogP contribution in [0.4, 0.5) is 16.2 Å². The van der Waals surface area contributed by atoms with Crippen molar-refractivity contribution in [2.75, 3.05) is 42.5 Å². The lowest BCUT2D eigenvalue weighted by molar-refractivity contribution is -0.127. The molecule has 146 valence electrons. The molecule has 2 aliphatic heterocycles. The smallest absolute Gasteiger partial charge is 0.325 e. The molecule has 2 saturated heterocycles. The van der Waals surface area contributed by atoms with Crippen LogP contribution in [0.25, 0.3) is 0 Å². The number of carbonyl (C=O) groups is 2. The fourth-order valence-electron chi connectivity index (χ4n) is 3.81. The van der Waals surface area contributed by atoms with Crippen LogP contribution in [0.15, 0.2) is 48.5 Å². The van der Waals surface area contributed by atoms with Crippen LogP contribution in [-0.4, -0.2) is 54.7 Å². The molecule has 3 amide bonds.